The summed E-state index contributed by atoms with van der Waals surface area (Å²) < 4.78 is 11.1. The molecule has 1 aromatic carbocycles. The third kappa shape index (κ3) is 2.38. The summed E-state index contributed by atoms with van der Waals surface area (Å²) in [6, 6.07) is 7.83. The Morgan fingerprint density at radius 2 is 2.26 bits per heavy atom. The van der Waals surface area contributed by atoms with E-state index in [1.165, 1.54) is 23.1 Å². The van der Waals surface area contributed by atoms with Gasteiger partial charge in [0.05, 0.1) is 18.2 Å². The molecule has 3 heterocycles. The van der Waals surface area contributed by atoms with E-state index >= 15 is 0 Å². The molecule has 0 saturated carbocycles. The Labute approximate surface area is 141 Å². The molecule has 0 saturated heterocycles. The van der Waals surface area contributed by atoms with Gasteiger partial charge in [-0.25, -0.2) is 0 Å². The molecule has 1 aromatic heterocycles. The van der Waals surface area contributed by atoms with Crippen LogP contribution in [0.2, 0.25) is 0 Å². The van der Waals surface area contributed by atoms with Crippen LogP contribution in [0, 0.1) is 5.92 Å². The number of rotatable bonds is 2. The number of nitrogens with one attached hydrogen (secondary N) is 1. The molecule has 2 aliphatic rings. The lowest BCUT2D eigenvalue weighted by Gasteiger charge is -2.39. The van der Waals surface area contributed by atoms with Gasteiger partial charge in [-0.1, -0.05) is 41.3 Å². The molecule has 0 unspecified atom stereocenters. The van der Waals surface area contributed by atoms with Gasteiger partial charge in [0, 0.05) is 22.3 Å². The lowest BCUT2D eigenvalue weighted by Crippen LogP contribution is -2.41. The number of carbonyl (C=O) groups excluding carboxylic acids is 1. The van der Waals surface area contributed by atoms with Crippen molar-refractivity contribution in [3.05, 3.63) is 44.4 Å². The fourth-order valence-corrected chi connectivity index (χ4v) is 5.74. The lowest BCUT2D eigenvalue weighted by atomic mass is 9.80. The number of carbonyl (C=O) groups is 1. The summed E-state index contributed by atoms with van der Waals surface area (Å²) in [4.78, 5) is 28.0. The maximum absolute atomic E-state index is 12.4. The average Bonchev–Trinajstić information content (AvgIpc) is 2.93. The predicted molar refractivity (Wildman–Crippen MR) is 88.5 cm³/mol. The maximum Gasteiger partial charge on any atom is 0.319 e. The summed E-state index contributed by atoms with van der Waals surface area (Å²) in [6.07, 6.45) is 0. The first-order valence-electron chi connectivity index (χ1n) is 7.47. The Hall–Kier alpha value is -1.73. The summed E-state index contributed by atoms with van der Waals surface area (Å²) in [6.45, 7) is 2.59. The number of aromatic nitrogens is 1. The molecule has 0 spiro atoms. The average molecular weight is 349 g/mol. The summed E-state index contributed by atoms with van der Waals surface area (Å²) in [7, 11) is 0. The second kappa shape index (κ2) is 5.72. The molecular formula is C16H15NO4S2. The van der Waals surface area contributed by atoms with E-state index in [-0.39, 0.29) is 27.9 Å². The SMILES string of the molecule is CCOC(=O)[C@@H]1Sc2[nH]c(=O)sc2[C@H]2c3ccccc3OC[C@H]21. The minimum absolute atomic E-state index is 0.00504. The Balaban J connectivity index is 1.85. The van der Waals surface area contributed by atoms with Crippen LogP contribution in [0.15, 0.2) is 34.1 Å². The van der Waals surface area contributed by atoms with Gasteiger partial charge in [-0.05, 0) is 13.0 Å². The van der Waals surface area contributed by atoms with Crippen LogP contribution in [0.3, 0.4) is 0 Å². The molecule has 2 aliphatic heterocycles. The minimum atomic E-state index is -0.369. The third-order valence-corrected chi connectivity index (χ3v) is 6.64. The van der Waals surface area contributed by atoms with Gasteiger partial charge in [0.25, 0.3) is 0 Å². The largest absolute Gasteiger partial charge is 0.493 e. The Kier molecular flexibility index (Phi) is 3.69. The van der Waals surface area contributed by atoms with Gasteiger partial charge < -0.3 is 14.5 Å². The lowest BCUT2D eigenvalue weighted by molar-refractivity contribution is -0.144. The van der Waals surface area contributed by atoms with Crippen molar-refractivity contribution >= 4 is 29.1 Å². The molecule has 3 atom stereocenters. The summed E-state index contributed by atoms with van der Waals surface area (Å²) >= 11 is 2.61. The van der Waals surface area contributed by atoms with Gasteiger partial charge in [-0.3, -0.25) is 9.59 Å². The van der Waals surface area contributed by atoms with E-state index in [1.54, 1.807) is 6.92 Å². The molecule has 0 aliphatic carbocycles. The number of aromatic amines is 1. The highest BCUT2D eigenvalue weighted by Crippen LogP contribution is 2.53. The van der Waals surface area contributed by atoms with Crippen LogP contribution in [-0.4, -0.2) is 29.4 Å². The zero-order valence-electron chi connectivity index (χ0n) is 12.4. The van der Waals surface area contributed by atoms with Crippen LogP contribution >= 0.6 is 23.1 Å². The molecular weight excluding hydrogens is 334 g/mol. The van der Waals surface area contributed by atoms with E-state index in [0.29, 0.717) is 13.2 Å². The van der Waals surface area contributed by atoms with Gasteiger partial charge in [0.2, 0.25) is 0 Å². The van der Waals surface area contributed by atoms with Crippen LogP contribution < -0.4 is 9.61 Å². The van der Waals surface area contributed by atoms with Crippen LogP contribution in [0.25, 0.3) is 0 Å². The molecule has 0 bridgehead atoms. The van der Waals surface area contributed by atoms with E-state index in [0.717, 1.165) is 21.2 Å². The third-order valence-electron chi connectivity index (χ3n) is 4.19. The smallest absolute Gasteiger partial charge is 0.319 e. The first kappa shape index (κ1) is 14.8. The van der Waals surface area contributed by atoms with E-state index in [4.69, 9.17) is 9.47 Å². The van der Waals surface area contributed by atoms with Crippen LogP contribution in [0.4, 0.5) is 0 Å². The first-order chi connectivity index (χ1) is 11.2. The van der Waals surface area contributed by atoms with E-state index < -0.39 is 0 Å². The maximum atomic E-state index is 12.4. The van der Waals surface area contributed by atoms with Crippen LogP contribution in [-0.2, 0) is 9.53 Å². The van der Waals surface area contributed by atoms with E-state index in [9.17, 15) is 9.59 Å². The normalized spacial score (nSPS) is 24.8. The molecule has 7 heteroatoms. The Morgan fingerprint density at radius 1 is 1.43 bits per heavy atom. The van der Waals surface area contributed by atoms with Gasteiger partial charge in [-0.2, -0.15) is 0 Å². The van der Waals surface area contributed by atoms with Crippen LogP contribution in [0.1, 0.15) is 23.3 Å². The topological polar surface area (TPSA) is 68.4 Å². The first-order valence-corrected chi connectivity index (χ1v) is 9.16. The highest BCUT2D eigenvalue weighted by molar-refractivity contribution is 8.00. The predicted octanol–water partition coefficient (Wildman–Crippen LogP) is 2.61. The monoisotopic (exact) mass is 349 g/mol. The molecule has 1 N–H and O–H groups in total. The second-order valence-corrected chi connectivity index (χ2v) is 7.66. The Bertz CT molecular complexity index is 812. The quantitative estimate of drug-likeness (QED) is 0.844. The summed E-state index contributed by atoms with van der Waals surface area (Å²) in [5.41, 5.74) is 1.04. The number of hydrogen-bond donors (Lipinski definition) is 1. The molecule has 2 aromatic rings. The molecule has 0 fully saturated rings. The van der Waals surface area contributed by atoms with Gasteiger partial charge in [0.1, 0.15) is 11.0 Å². The van der Waals surface area contributed by atoms with Crippen molar-refractivity contribution in [2.75, 3.05) is 13.2 Å². The minimum Gasteiger partial charge on any atom is -0.493 e. The van der Waals surface area contributed by atoms with Crippen molar-refractivity contribution < 1.29 is 14.3 Å². The highest BCUT2D eigenvalue weighted by atomic mass is 32.2. The van der Waals surface area contributed by atoms with Crippen molar-refractivity contribution in [3.63, 3.8) is 0 Å². The van der Waals surface area contributed by atoms with Crippen molar-refractivity contribution in [3.8, 4) is 5.75 Å². The van der Waals surface area contributed by atoms with Crippen molar-refractivity contribution in [2.24, 2.45) is 5.92 Å². The van der Waals surface area contributed by atoms with Crippen LogP contribution in [0.5, 0.6) is 5.75 Å². The number of benzene rings is 1. The number of para-hydroxylation sites is 1. The summed E-state index contributed by atoms with van der Waals surface area (Å²) in [5, 5.41) is 0.419. The molecule has 0 amide bonds. The fraction of sp³-hybridized carbons (Fsp3) is 0.375. The van der Waals surface area contributed by atoms with Gasteiger partial charge in [-0.15, -0.1) is 0 Å². The molecule has 120 valence electrons. The Morgan fingerprint density at radius 3 is 3.09 bits per heavy atom. The number of esters is 1. The summed E-state index contributed by atoms with van der Waals surface area (Å²) in [5.74, 6) is 0.547. The molecule has 4 rings (SSSR count). The molecule has 0 radical (unpaired) electrons. The van der Waals surface area contributed by atoms with E-state index in [1.807, 2.05) is 24.3 Å². The number of thiazole rings is 1. The zero-order chi connectivity index (χ0) is 16.0. The number of H-pyrrole nitrogens is 1. The number of ether oxygens (including phenoxy) is 2. The van der Waals surface area contributed by atoms with E-state index in [2.05, 4.69) is 4.98 Å². The zero-order valence-corrected chi connectivity index (χ0v) is 14.0. The highest BCUT2D eigenvalue weighted by Gasteiger charge is 2.47. The standard InChI is InChI=1S/C16H15NO4S2/c1-2-20-15(18)12-9-7-21-10-6-4-3-5-8(10)11(9)13-14(22-12)17-16(19)23-13/h3-6,9,11-12H,2,7H2,1H3,(H,17,19)/t9-,11+,12-/m1/s1. The van der Waals surface area contributed by atoms with Crippen molar-refractivity contribution in [1.82, 2.24) is 4.98 Å². The van der Waals surface area contributed by atoms with Gasteiger partial charge in [0.15, 0.2) is 0 Å². The fourth-order valence-electron chi connectivity index (χ4n) is 3.26. The molecule has 5 nitrogen and oxygen atoms in total. The number of thioether (sulfide) groups is 1. The van der Waals surface area contributed by atoms with Gasteiger partial charge >= 0.3 is 10.8 Å². The number of fused-ring (bicyclic) bond motifs is 5. The number of hydrogen-bond acceptors (Lipinski definition) is 6. The van der Waals surface area contributed by atoms with Crippen molar-refractivity contribution in [2.45, 2.75) is 23.1 Å². The van der Waals surface area contributed by atoms with Crippen molar-refractivity contribution in [1.29, 1.82) is 0 Å². The molecule has 23 heavy (non-hydrogen) atoms. The second-order valence-electron chi connectivity index (χ2n) is 5.49.